The molecule has 0 radical (unpaired) electrons. The van der Waals surface area contributed by atoms with Crippen LogP contribution in [0.2, 0.25) is 0 Å². The van der Waals surface area contributed by atoms with Crippen molar-refractivity contribution in [3.63, 3.8) is 0 Å². The Bertz CT molecular complexity index is 1020. The highest BCUT2D eigenvalue weighted by molar-refractivity contribution is 5.82. The number of nitrogens with zero attached hydrogens (tertiary/aromatic N) is 1. The van der Waals surface area contributed by atoms with Crippen molar-refractivity contribution < 1.29 is 9.15 Å². The maximum Gasteiger partial charge on any atom is 0.193 e. The quantitative estimate of drug-likeness (QED) is 0.742. The van der Waals surface area contributed by atoms with E-state index in [9.17, 15) is 4.79 Å². The van der Waals surface area contributed by atoms with Gasteiger partial charge >= 0.3 is 0 Å². The summed E-state index contributed by atoms with van der Waals surface area (Å²) in [6, 6.07) is 15.5. The molecule has 5 heteroatoms. The Morgan fingerprint density at radius 3 is 2.64 bits per heavy atom. The normalized spacial score (nSPS) is 17.3. The molecule has 1 aliphatic heterocycles. The van der Waals surface area contributed by atoms with Crippen molar-refractivity contribution in [2.75, 3.05) is 24.5 Å². The Hall–Kier alpha value is -2.79. The Morgan fingerprint density at radius 2 is 1.93 bits per heavy atom. The van der Waals surface area contributed by atoms with Crippen LogP contribution in [0, 0.1) is 0 Å². The highest BCUT2D eigenvalue weighted by Gasteiger charge is 2.17. The van der Waals surface area contributed by atoms with E-state index in [0.29, 0.717) is 22.8 Å². The molecule has 4 rings (SSSR count). The fourth-order valence-electron chi connectivity index (χ4n) is 3.62. The van der Waals surface area contributed by atoms with E-state index in [4.69, 9.17) is 9.15 Å². The zero-order chi connectivity index (χ0) is 19.7. The first-order valence-electron chi connectivity index (χ1n) is 9.83. The first-order valence-corrected chi connectivity index (χ1v) is 9.83. The Balaban J connectivity index is 1.65. The maximum absolute atomic E-state index is 12.8. The summed E-state index contributed by atoms with van der Waals surface area (Å²) in [6.45, 7) is 8.97. The molecule has 1 aromatic heterocycles. The lowest BCUT2D eigenvalue weighted by Crippen LogP contribution is -2.49. The maximum atomic E-state index is 12.8. The minimum absolute atomic E-state index is 0.0243. The molecule has 0 saturated carbocycles. The van der Waals surface area contributed by atoms with E-state index in [0.717, 1.165) is 36.6 Å². The van der Waals surface area contributed by atoms with E-state index in [1.165, 1.54) is 0 Å². The van der Waals surface area contributed by atoms with Crippen molar-refractivity contribution >= 4 is 16.7 Å². The number of rotatable bonds is 4. The minimum Gasteiger partial charge on any atom is -0.491 e. The molecule has 0 aliphatic carbocycles. The zero-order valence-corrected chi connectivity index (χ0v) is 16.6. The van der Waals surface area contributed by atoms with Crippen LogP contribution in [-0.2, 0) is 0 Å². The average molecular weight is 378 g/mol. The Morgan fingerprint density at radius 1 is 1.14 bits per heavy atom. The van der Waals surface area contributed by atoms with E-state index in [-0.39, 0.29) is 11.5 Å². The van der Waals surface area contributed by atoms with Crippen LogP contribution < -0.4 is 20.4 Å². The summed E-state index contributed by atoms with van der Waals surface area (Å²) in [5, 5.41) is 4.06. The largest absolute Gasteiger partial charge is 0.491 e. The van der Waals surface area contributed by atoms with Gasteiger partial charge in [-0.3, -0.25) is 4.79 Å². The Kier molecular flexibility index (Phi) is 5.09. The molecule has 0 unspecified atom stereocenters. The van der Waals surface area contributed by atoms with Gasteiger partial charge in [0, 0.05) is 43.0 Å². The van der Waals surface area contributed by atoms with Gasteiger partial charge in [0.1, 0.15) is 17.1 Å². The smallest absolute Gasteiger partial charge is 0.193 e. The van der Waals surface area contributed by atoms with E-state index >= 15 is 0 Å². The molecule has 0 amide bonds. The fourth-order valence-corrected chi connectivity index (χ4v) is 3.62. The number of piperazine rings is 1. The van der Waals surface area contributed by atoms with Gasteiger partial charge in [-0.15, -0.1) is 0 Å². The first-order chi connectivity index (χ1) is 13.5. The zero-order valence-electron chi connectivity index (χ0n) is 16.6. The van der Waals surface area contributed by atoms with Crippen LogP contribution in [0.15, 0.2) is 57.7 Å². The highest BCUT2D eigenvalue weighted by atomic mass is 16.5. The molecular weight excluding hydrogens is 352 g/mol. The van der Waals surface area contributed by atoms with Crippen LogP contribution in [0.5, 0.6) is 5.75 Å². The summed E-state index contributed by atoms with van der Waals surface area (Å²) in [5.74, 6) is 1.37. The predicted molar refractivity (Wildman–Crippen MR) is 113 cm³/mol. The van der Waals surface area contributed by atoms with Crippen molar-refractivity contribution in [1.29, 1.82) is 0 Å². The predicted octanol–water partition coefficient (Wildman–Crippen LogP) is 4.05. The second-order valence-electron chi connectivity index (χ2n) is 7.65. The number of hydrogen-bond donors (Lipinski definition) is 1. The van der Waals surface area contributed by atoms with Crippen LogP contribution in [0.3, 0.4) is 0 Å². The van der Waals surface area contributed by atoms with E-state index in [2.05, 4.69) is 17.1 Å². The lowest BCUT2D eigenvalue weighted by molar-refractivity contribution is 0.242. The van der Waals surface area contributed by atoms with Crippen LogP contribution in [0.1, 0.15) is 20.8 Å². The number of ether oxygens (including phenoxy) is 1. The molecule has 1 saturated heterocycles. The third-order valence-electron chi connectivity index (χ3n) is 4.96. The van der Waals surface area contributed by atoms with Crippen molar-refractivity contribution in [3.8, 4) is 17.1 Å². The molecule has 3 aromatic rings. The van der Waals surface area contributed by atoms with Gasteiger partial charge in [-0.2, -0.15) is 0 Å². The third kappa shape index (κ3) is 3.90. The summed E-state index contributed by atoms with van der Waals surface area (Å²) >= 11 is 0. The molecule has 2 aromatic carbocycles. The molecule has 5 nitrogen and oxygen atoms in total. The summed E-state index contributed by atoms with van der Waals surface area (Å²) in [6.07, 6.45) is 0.123. The van der Waals surface area contributed by atoms with Gasteiger partial charge in [0.2, 0.25) is 0 Å². The summed E-state index contributed by atoms with van der Waals surface area (Å²) < 4.78 is 11.7. The van der Waals surface area contributed by atoms with Gasteiger partial charge in [0.25, 0.3) is 0 Å². The molecular formula is C23H26N2O3. The SMILES string of the molecule is CC(C)Oc1ccc(-c2cc(=O)c3cc(N4CCN[C@@H](C)C4)ccc3o2)cc1. The van der Waals surface area contributed by atoms with Gasteiger partial charge in [0.05, 0.1) is 11.5 Å². The molecule has 28 heavy (non-hydrogen) atoms. The molecule has 1 fully saturated rings. The van der Waals surface area contributed by atoms with Crippen molar-refractivity contribution in [3.05, 3.63) is 58.8 Å². The second-order valence-corrected chi connectivity index (χ2v) is 7.65. The van der Waals surface area contributed by atoms with Crippen molar-refractivity contribution in [1.82, 2.24) is 5.32 Å². The number of benzene rings is 2. The highest BCUT2D eigenvalue weighted by Crippen LogP contribution is 2.27. The van der Waals surface area contributed by atoms with Crippen LogP contribution in [0.4, 0.5) is 5.69 Å². The number of nitrogens with one attached hydrogen (secondary N) is 1. The number of anilines is 1. The average Bonchev–Trinajstić information content (AvgIpc) is 2.68. The number of fused-ring (bicyclic) bond motifs is 1. The lowest BCUT2D eigenvalue weighted by Gasteiger charge is -2.33. The standard InChI is InChI=1S/C23H26N2O3/c1-15(2)27-19-7-4-17(5-8-19)23-13-21(26)20-12-18(6-9-22(20)28-23)25-11-10-24-16(3)14-25/h4-9,12-13,15-16,24H,10-11,14H2,1-3H3/t16-/m0/s1. The van der Waals surface area contributed by atoms with Crippen LogP contribution in [-0.4, -0.2) is 31.8 Å². The van der Waals surface area contributed by atoms with E-state index in [1.807, 2.05) is 56.3 Å². The van der Waals surface area contributed by atoms with Crippen LogP contribution >= 0.6 is 0 Å². The van der Waals surface area contributed by atoms with Gasteiger partial charge in [-0.05, 0) is 63.2 Å². The Labute approximate surface area is 164 Å². The number of hydrogen-bond acceptors (Lipinski definition) is 5. The first kappa shape index (κ1) is 18.6. The van der Waals surface area contributed by atoms with Crippen molar-refractivity contribution in [2.45, 2.75) is 32.9 Å². The topological polar surface area (TPSA) is 54.7 Å². The minimum atomic E-state index is -0.0243. The molecule has 0 spiro atoms. The van der Waals surface area contributed by atoms with Gasteiger partial charge in [-0.1, -0.05) is 0 Å². The summed E-state index contributed by atoms with van der Waals surface area (Å²) in [4.78, 5) is 15.1. The molecule has 1 aliphatic rings. The fraction of sp³-hybridized carbons (Fsp3) is 0.348. The van der Waals surface area contributed by atoms with Gasteiger partial charge in [0.15, 0.2) is 5.43 Å². The monoisotopic (exact) mass is 378 g/mol. The molecule has 146 valence electrons. The molecule has 1 N–H and O–H groups in total. The lowest BCUT2D eigenvalue weighted by atomic mass is 10.1. The van der Waals surface area contributed by atoms with E-state index in [1.54, 1.807) is 6.07 Å². The summed E-state index contributed by atoms with van der Waals surface area (Å²) in [5.41, 5.74) is 2.51. The third-order valence-corrected chi connectivity index (χ3v) is 4.96. The molecule has 1 atom stereocenters. The van der Waals surface area contributed by atoms with Crippen molar-refractivity contribution in [2.24, 2.45) is 0 Å². The van der Waals surface area contributed by atoms with E-state index < -0.39 is 0 Å². The molecule has 2 heterocycles. The summed E-state index contributed by atoms with van der Waals surface area (Å²) in [7, 11) is 0. The van der Waals surface area contributed by atoms with Gasteiger partial charge in [-0.25, -0.2) is 0 Å². The molecule has 0 bridgehead atoms. The van der Waals surface area contributed by atoms with Crippen LogP contribution in [0.25, 0.3) is 22.3 Å². The van der Waals surface area contributed by atoms with Gasteiger partial charge < -0.3 is 19.4 Å². The second kappa shape index (κ2) is 7.68.